The van der Waals surface area contributed by atoms with Crippen LogP contribution in [-0.2, 0) is 4.74 Å². The molecule has 98 valence electrons. The highest BCUT2D eigenvalue weighted by Crippen LogP contribution is 2.12. The topological polar surface area (TPSA) is 54.6 Å². The lowest BCUT2D eigenvalue weighted by molar-refractivity contribution is 0.0923. The van der Waals surface area contributed by atoms with E-state index in [9.17, 15) is 5.11 Å². The number of furan rings is 1. The first-order valence-corrected chi connectivity index (χ1v) is 6.17. The Morgan fingerprint density at radius 1 is 1.47 bits per heavy atom. The van der Waals surface area contributed by atoms with E-state index in [0.29, 0.717) is 31.4 Å². The van der Waals surface area contributed by atoms with Crippen LogP contribution in [0.2, 0.25) is 0 Å². The lowest BCUT2D eigenvalue weighted by Gasteiger charge is -2.23. The van der Waals surface area contributed by atoms with Gasteiger partial charge in [-0.3, -0.25) is 0 Å². The van der Waals surface area contributed by atoms with Crippen molar-refractivity contribution in [2.75, 3.05) is 19.8 Å². The molecule has 2 atom stereocenters. The molecule has 0 amide bonds. The zero-order valence-electron chi connectivity index (χ0n) is 10.8. The molecule has 0 spiro atoms. The number of nitrogens with one attached hydrogen (secondary N) is 1. The summed E-state index contributed by atoms with van der Waals surface area (Å²) in [6.45, 7) is 8.11. The van der Waals surface area contributed by atoms with Crippen LogP contribution >= 0.6 is 0 Å². The molecule has 1 rings (SSSR count). The second-order valence-corrected chi connectivity index (χ2v) is 4.45. The Kier molecular flexibility index (Phi) is 6.26. The fourth-order valence-corrected chi connectivity index (χ4v) is 1.58. The molecule has 0 bridgehead atoms. The maximum Gasteiger partial charge on any atom is 0.133 e. The van der Waals surface area contributed by atoms with Crippen LogP contribution in [0.1, 0.15) is 32.6 Å². The van der Waals surface area contributed by atoms with Crippen molar-refractivity contribution in [2.45, 2.75) is 32.9 Å². The summed E-state index contributed by atoms with van der Waals surface area (Å²) in [5.41, 5.74) is 0. The van der Waals surface area contributed by atoms with E-state index in [1.807, 2.05) is 6.92 Å². The smallest absolute Gasteiger partial charge is 0.133 e. The molecule has 0 aliphatic rings. The van der Waals surface area contributed by atoms with Gasteiger partial charge in [0.1, 0.15) is 11.9 Å². The predicted molar refractivity (Wildman–Crippen MR) is 66.8 cm³/mol. The van der Waals surface area contributed by atoms with Gasteiger partial charge in [0.15, 0.2) is 0 Å². The average molecular weight is 241 g/mol. The molecule has 4 heteroatoms. The van der Waals surface area contributed by atoms with E-state index in [1.54, 1.807) is 18.4 Å². The Balaban J connectivity index is 2.35. The number of aliphatic hydroxyl groups excluding tert-OH is 1. The standard InChI is InChI=1S/C13H23NO3/c1-4-16-9-11(10(2)3)14-8-12(15)13-6-5-7-17-13/h5-7,10-12,14-15H,4,8-9H2,1-3H3. The summed E-state index contributed by atoms with van der Waals surface area (Å²) in [6.07, 6.45) is 0.964. The molecule has 17 heavy (non-hydrogen) atoms. The summed E-state index contributed by atoms with van der Waals surface area (Å²) in [7, 11) is 0. The zero-order chi connectivity index (χ0) is 12.7. The van der Waals surface area contributed by atoms with Crippen molar-refractivity contribution in [3.05, 3.63) is 24.2 Å². The summed E-state index contributed by atoms with van der Waals surface area (Å²) in [4.78, 5) is 0. The van der Waals surface area contributed by atoms with Crippen LogP contribution in [0, 0.1) is 5.92 Å². The molecule has 0 fully saturated rings. The average Bonchev–Trinajstić information content (AvgIpc) is 2.81. The molecular formula is C13H23NO3. The predicted octanol–water partition coefficient (Wildman–Crippen LogP) is 1.96. The lowest BCUT2D eigenvalue weighted by atomic mass is 10.1. The Bertz CT molecular complexity index is 285. The SMILES string of the molecule is CCOCC(NCC(O)c1ccco1)C(C)C. The number of hydrogen-bond acceptors (Lipinski definition) is 4. The van der Waals surface area contributed by atoms with Gasteiger partial charge in [-0.2, -0.15) is 0 Å². The van der Waals surface area contributed by atoms with Crippen molar-refractivity contribution < 1.29 is 14.3 Å². The Morgan fingerprint density at radius 3 is 2.76 bits per heavy atom. The minimum Gasteiger partial charge on any atom is -0.467 e. The number of aliphatic hydroxyl groups is 1. The van der Waals surface area contributed by atoms with E-state index in [2.05, 4.69) is 19.2 Å². The van der Waals surface area contributed by atoms with Gasteiger partial charge >= 0.3 is 0 Å². The Hall–Kier alpha value is -0.840. The van der Waals surface area contributed by atoms with Crippen molar-refractivity contribution in [3.63, 3.8) is 0 Å². The van der Waals surface area contributed by atoms with Crippen LogP contribution in [0.25, 0.3) is 0 Å². The molecule has 4 nitrogen and oxygen atoms in total. The molecule has 0 aromatic carbocycles. The van der Waals surface area contributed by atoms with Crippen molar-refractivity contribution in [1.82, 2.24) is 5.32 Å². The summed E-state index contributed by atoms with van der Waals surface area (Å²) in [5.74, 6) is 1.06. The van der Waals surface area contributed by atoms with Crippen molar-refractivity contribution >= 4 is 0 Å². The van der Waals surface area contributed by atoms with Gasteiger partial charge in [-0.1, -0.05) is 13.8 Å². The quantitative estimate of drug-likeness (QED) is 0.730. The third kappa shape index (κ3) is 4.89. The molecule has 0 aliphatic carbocycles. The highest BCUT2D eigenvalue weighted by Gasteiger charge is 2.16. The molecule has 0 saturated heterocycles. The van der Waals surface area contributed by atoms with Crippen molar-refractivity contribution in [3.8, 4) is 0 Å². The second kappa shape index (κ2) is 7.48. The first kappa shape index (κ1) is 14.2. The van der Waals surface area contributed by atoms with Crippen molar-refractivity contribution in [1.29, 1.82) is 0 Å². The molecule has 1 heterocycles. The van der Waals surface area contributed by atoms with Crippen molar-refractivity contribution in [2.24, 2.45) is 5.92 Å². The Labute approximate surface area is 103 Å². The summed E-state index contributed by atoms with van der Waals surface area (Å²) in [5, 5.41) is 13.2. The molecule has 0 aliphatic heterocycles. The van der Waals surface area contributed by atoms with E-state index in [1.165, 1.54) is 0 Å². The van der Waals surface area contributed by atoms with Crippen LogP contribution in [0.4, 0.5) is 0 Å². The minimum absolute atomic E-state index is 0.250. The fourth-order valence-electron chi connectivity index (χ4n) is 1.58. The lowest BCUT2D eigenvalue weighted by Crippen LogP contribution is -2.40. The Morgan fingerprint density at radius 2 is 2.24 bits per heavy atom. The molecule has 2 N–H and O–H groups in total. The summed E-state index contributed by atoms with van der Waals surface area (Å²) < 4.78 is 10.6. The van der Waals surface area contributed by atoms with Gasteiger partial charge < -0.3 is 19.6 Å². The normalized spacial score (nSPS) is 15.1. The summed E-state index contributed by atoms with van der Waals surface area (Å²) in [6, 6.07) is 3.80. The molecule has 0 saturated carbocycles. The van der Waals surface area contributed by atoms with Crippen LogP contribution in [-0.4, -0.2) is 30.9 Å². The first-order valence-electron chi connectivity index (χ1n) is 6.17. The summed E-state index contributed by atoms with van der Waals surface area (Å²) >= 11 is 0. The van der Waals surface area contributed by atoms with Gasteiger partial charge in [0.2, 0.25) is 0 Å². The van der Waals surface area contributed by atoms with E-state index < -0.39 is 6.10 Å². The van der Waals surface area contributed by atoms with Crippen LogP contribution in [0.3, 0.4) is 0 Å². The number of rotatable bonds is 8. The highest BCUT2D eigenvalue weighted by atomic mass is 16.5. The van der Waals surface area contributed by atoms with E-state index in [-0.39, 0.29) is 6.04 Å². The van der Waals surface area contributed by atoms with Gasteiger partial charge in [-0.15, -0.1) is 0 Å². The maximum atomic E-state index is 9.87. The van der Waals surface area contributed by atoms with E-state index in [4.69, 9.17) is 9.15 Å². The van der Waals surface area contributed by atoms with Gasteiger partial charge in [0, 0.05) is 19.2 Å². The first-order chi connectivity index (χ1) is 8.15. The van der Waals surface area contributed by atoms with Crippen LogP contribution in [0.5, 0.6) is 0 Å². The molecular weight excluding hydrogens is 218 g/mol. The second-order valence-electron chi connectivity index (χ2n) is 4.45. The van der Waals surface area contributed by atoms with E-state index in [0.717, 1.165) is 0 Å². The van der Waals surface area contributed by atoms with Crippen LogP contribution < -0.4 is 5.32 Å². The number of ether oxygens (including phenoxy) is 1. The maximum absolute atomic E-state index is 9.87. The monoisotopic (exact) mass is 241 g/mol. The number of hydrogen-bond donors (Lipinski definition) is 2. The molecule has 2 unspecified atom stereocenters. The molecule has 1 aromatic heterocycles. The van der Waals surface area contributed by atoms with Gasteiger partial charge in [-0.05, 0) is 25.0 Å². The van der Waals surface area contributed by atoms with Gasteiger partial charge in [0.05, 0.1) is 12.9 Å². The molecule has 0 radical (unpaired) electrons. The highest BCUT2D eigenvalue weighted by molar-refractivity contribution is 5.02. The minimum atomic E-state index is -0.604. The molecule has 1 aromatic rings. The third-order valence-corrected chi connectivity index (χ3v) is 2.75. The van der Waals surface area contributed by atoms with Gasteiger partial charge in [-0.25, -0.2) is 0 Å². The van der Waals surface area contributed by atoms with Gasteiger partial charge in [0.25, 0.3) is 0 Å². The van der Waals surface area contributed by atoms with Crippen LogP contribution in [0.15, 0.2) is 22.8 Å². The van der Waals surface area contributed by atoms with E-state index >= 15 is 0 Å². The zero-order valence-corrected chi connectivity index (χ0v) is 10.8. The fraction of sp³-hybridized carbons (Fsp3) is 0.692. The third-order valence-electron chi connectivity index (χ3n) is 2.75. The largest absolute Gasteiger partial charge is 0.467 e.